The summed E-state index contributed by atoms with van der Waals surface area (Å²) in [5.41, 5.74) is -0.375. The Morgan fingerprint density at radius 3 is 2.79 bits per heavy atom. The van der Waals surface area contributed by atoms with Gasteiger partial charge in [-0.15, -0.1) is 0 Å². The van der Waals surface area contributed by atoms with Crippen LogP contribution in [0.2, 0.25) is 0 Å². The number of halogens is 1. The van der Waals surface area contributed by atoms with Gasteiger partial charge in [0.1, 0.15) is 23.3 Å². The lowest BCUT2D eigenvalue weighted by atomic mass is 9.81. The van der Waals surface area contributed by atoms with Gasteiger partial charge in [0, 0.05) is 12.0 Å². The number of ether oxygens (including phenoxy) is 2. The minimum Gasteiger partial charge on any atom is -0.485 e. The molecule has 0 saturated carbocycles. The maximum absolute atomic E-state index is 13.7. The van der Waals surface area contributed by atoms with E-state index in [0.717, 1.165) is 5.56 Å². The Morgan fingerprint density at radius 2 is 2.08 bits per heavy atom. The fourth-order valence-electron chi connectivity index (χ4n) is 3.05. The van der Waals surface area contributed by atoms with E-state index in [4.69, 9.17) is 9.47 Å². The number of hydrogen-bond acceptors (Lipinski definition) is 4. The zero-order chi connectivity index (χ0) is 17.2. The Morgan fingerprint density at radius 1 is 1.33 bits per heavy atom. The third kappa shape index (κ3) is 3.26. The van der Waals surface area contributed by atoms with Crippen LogP contribution < -0.4 is 4.74 Å². The molecular weight excluding hydrogens is 311 g/mol. The molecule has 1 aliphatic heterocycles. The van der Waals surface area contributed by atoms with Crippen molar-refractivity contribution in [1.29, 1.82) is 0 Å². The van der Waals surface area contributed by atoms with E-state index >= 15 is 0 Å². The summed E-state index contributed by atoms with van der Waals surface area (Å²) in [5.74, 6) is -0.634. The quantitative estimate of drug-likeness (QED) is 0.872. The lowest BCUT2D eigenvalue weighted by Gasteiger charge is -2.38. The summed E-state index contributed by atoms with van der Waals surface area (Å²) in [7, 11) is 0. The molecular formula is C19H19FO4. The summed E-state index contributed by atoms with van der Waals surface area (Å²) < 4.78 is 24.6. The lowest BCUT2D eigenvalue weighted by molar-refractivity contribution is -0.151. The van der Waals surface area contributed by atoms with Crippen LogP contribution in [0.25, 0.3) is 0 Å². The maximum Gasteiger partial charge on any atom is 0.309 e. The molecule has 0 saturated heterocycles. The van der Waals surface area contributed by atoms with Crippen LogP contribution in [0.3, 0.4) is 0 Å². The molecule has 2 atom stereocenters. The molecule has 1 heterocycles. The Kier molecular flexibility index (Phi) is 4.53. The Labute approximate surface area is 139 Å². The van der Waals surface area contributed by atoms with Crippen LogP contribution in [0, 0.1) is 5.82 Å². The number of esters is 1. The minimum atomic E-state index is -1.54. The highest BCUT2D eigenvalue weighted by atomic mass is 19.1. The van der Waals surface area contributed by atoms with Crippen molar-refractivity contribution in [1.82, 2.24) is 0 Å². The highest BCUT2D eigenvalue weighted by Crippen LogP contribution is 2.46. The van der Waals surface area contributed by atoms with Gasteiger partial charge in [0.15, 0.2) is 0 Å². The van der Waals surface area contributed by atoms with Crippen molar-refractivity contribution in [3.8, 4) is 5.75 Å². The van der Waals surface area contributed by atoms with E-state index in [9.17, 15) is 14.3 Å². The zero-order valence-corrected chi connectivity index (χ0v) is 13.4. The standard InChI is InChI=1S/C19H19FO4/c1-2-23-18(21)12-19(22)11-17(13-6-4-3-5-7-13)24-16-9-8-14(20)10-15(16)19/h3-10,17,22H,2,11-12H2,1H3/t17-,19+/m0/s1. The van der Waals surface area contributed by atoms with E-state index in [1.54, 1.807) is 6.92 Å². The first-order valence-corrected chi connectivity index (χ1v) is 7.91. The molecule has 5 heteroatoms. The Hall–Kier alpha value is -2.40. The van der Waals surface area contributed by atoms with Gasteiger partial charge in [0.2, 0.25) is 0 Å². The molecule has 126 valence electrons. The smallest absolute Gasteiger partial charge is 0.309 e. The second kappa shape index (κ2) is 6.61. The van der Waals surface area contributed by atoms with Gasteiger partial charge in [-0.1, -0.05) is 30.3 Å². The number of carbonyl (C=O) groups is 1. The van der Waals surface area contributed by atoms with Gasteiger partial charge >= 0.3 is 5.97 Å². The van der Waals surface area contributed by atoms with E-state index in [-0.39, 0.29) is 25.0 Å². The molecule has 2 aromatic rings. The molecule has 0 fully saturated rings. The molecule has 4 nitrogen and oxygen atoms in total. The van der Waals surface area contributed by atoms with E-state index in [0.29, 0.717) is 5.75 Å². The van der Waals surface area contributed by atoms with Crippen molar-refractivity contribution in [3.63, 3.8) is 0 Å². The van der Waals surface area contributed by atoms with Crippen molar-refractivity contribution >= 4 is 5.97 Å². The van der Waals surface area contributed by atoms with Crippen LogP contribution in [0.15, 0.2) is 48.5 Å². The summed E-state index contributed by atoms with van der Waals surface area (Å²) in [6.07, 6.45) is -0.528. The first-order chi connectivity index (χ1) is 11.5. The summed E-state index contributed by atoms with van der Waals surface area (Å²) in [6, 6.07) is 13.4. The predicted molar refractivity (Wildman–Crippen MR) is 86.0 cm³/mol. The SMILES string of the molecule is CCOC(=O)C[C@]1(O)C[C@@H](c2ccccc2)Oc2ccc(F)cc21. The molecule has 0 radical (unpaired) electrons. The summed E-state index contributed by atoms with van der Waals surface area (Å²) in [5, 5.41) is 11.1. The predicted octanol–water partition coefficient (Wildman–Crippen LogP) is 3.49. The van der Waals surface area contributed by atoms with Gasteiger partial charge in [-0.05, 0) is 30.7 Å². The summed E-state index contributed by atoms with van der Waals surface area (Å²) in [4.78, 5) is 11.9. The highest BCUT2D eigenvalue weighted by Gasteiger charge is 2.43. The van der Waals surface area contributed by atoms with Gasteiger partial charge in [0.25, 0.3) is 0 Å². The Balaban J connectivity index is 1.99. The number of fused-ring (bicyclic) bond motifs is 1. The molecule has 24 heavy (non-hydrogen) atoms. The number of hydrogen-bond donors (Lipinski definition) is 1. The van der Waals surface area contributed by atoms with E-state index in [1.807, 2.05) is 30.3 Å². The third-order valence-electron chi connectivity index (χ3n) is 4.15. The molecule has 0 bridgehead atoms. The number of aliphatic hydroxyl groups is 1. The molecule has 2 aromatic carbocycles. The summed E-state index contributed by atoms with van der Waals surface area (Å²) >= 11 is 0. The first-order valence-electron chi connectivity index (χ1n) is 7.91. The average molecular weight is 330 g/mol. The van der Waals surface area contributed by atoms with Crippen LogP contribution in [0.5, 0.6) is 5.75 Å². The topological polar surface area (TPSA) is 55.8 Å². The normalized spacial score (nSPS) is 22.4. The molecule has 0 aromatic heterocycles. The van der Waals surface area contributed by atoms with Gasteiger partial charge in [-0.2, -0.15) is 0 Å². The lowest BCUT2D eigenvalue weighted by Crippen LogP contribution is -2.37. The van der Waals surface area contributed by atoms with Crippen LogP contribution in [-0.2, 0) is 15.1 Å². The maximum atomic E-state index is 13.7. The van der Waals surface area contributed by atoms with E-state index in [2.05, 4.69) is 0 Å². The fraction of sp³-hybridized carbons (Fsp3) is 0.316. The largest absolute Gasteiger partial charge is 0.485 e. The molecule has 0 aliphatic carbocycles. The third-order valence-corrected chi connectivity index (χ3v) is 4.15. The number of rotatable bonds is 4. The van der Waals surface area contributed by atoms with Crippen LogP contribution in [0.1, 0.15) is 37.0 Å². The number of benzene rings is 2. The summed E-state index contributed by atoms with van der Waals surface area (Å²) in [6.45, 7) is 1.93. The van der Waals surface area contributed by atoms with Gasteiger partial charge in [-0.25, -0.2) is 4.39 Å². The van der Waals surface area contributed by atoms with Crippen LogP contribution >= 0.6 is 0 Å². The Bertz CT molecular complexity index is 731. The van der Waals surface area contributed by atoms with Gasteiger partial charge < -0.3 is 14.6 Å². The highest BCUT2D eigenvalue weighted by molar-refractivity contribution is 5.71. The van der Waals surface area contributed by atoms with Gasteiger partial charge in [0.05, 0.1) is 13.0 Å². The van der Waals surface area contributed by atoms with Crippen molar-refractivity contribution in [2.45, 2.75) is 31.5 Å². The molecule has 1 aliphatic rings. The second-order valence-electron chi connectivity index (χ2n) is 5.88. The number of carbonyl (C=O) groups excluding carboxylic acids is 1. The van der Waals surface area contributed by atoms with Crippen molar-refractivity contribution in [3.05, 3.63) is 65.5 Å². The van der Waals surface area contributed by atoms with Crippen molar-refractivity contribution in [2.24, 2.45) is 0 Å². The molecule has 3 rings (SSSR count). The second-order valence-corrected chi connectivity index (χ2v) is 5.88. The van der Waals surface area contributed by atoms with Crippen LogP contribution in [-0.4, -0.2) is 17.7 Å². The van der Waals surface area contributed by atoms with Crippen molar-refractivity contribution < 1.29 is 23.8 Å². The van der Waals surface area contributed by atoms with Gasteiger partial charge in [-0.3, -0.25) is 4.79 Å². The first kappa shape index (κ1) is 16.5. The molecule has 1 N–H and O–H groups in total. The van der Waals surface area contributed by atoms with Crippen LogP contribution in [0.4, 0.5) is 4.39 Å². The zero-order valence-electron chi connectivity index (χ0n) is 13.4. The fourth-order valence-corrected chi connectivity index (χ4v) is 3.05. The monoisotopic (exact) mass is 330 g/mol. The molecule has 0 amide bonds. The average Bonchev–Trinajstić information content (AvgIpc) is 2.56. The molecule has 0 spiro atoms. The van der Waals surface area contributed by atoms with Crippen molar-refractivity contribution in [2.75, 3.05) is 6.61 Å². The van der Waals surface area contributed by atoms with E-state index in [1.165, 1.54) is 18.2 Å². The minimum absolute atomic E-state index is 0.145. The molecule has 0 unspecified atom stereocenters. The van der Waals surface area contributed by atoms with E-state index < -0.39 is 23.5 Å².